The second kappa shape index (κ2) is 11.2. The molecular weight excluding hydrogens is 516 g/mol. The molecule has 0 saturated carbocycles. The number of sulfonamides is 1. The fraction of sp³-hybridized carbons (Fsp3) is 0.276. The minimum Gasteiger partial charge on any atom is -0.508 e. The van der Waals surface area contributed by atoms with Crippen molar-refractivity contribution in [2.24, 2.45) is 0 Å². The van der Waals surface area contributed by atoms with Gasteiger partial charge in [-0.3, -0.25) is 14.6 Å². The lowest BCUT2D eigenvalue weighted by Crippen LogP contribution is -2.48. The molecule has 0 atom stereocenters. The Morgan fingerprint density at radius 2 is 1.56 bits per heavy atom. The van der Waals surface area contributed by atoms with Crippen LogP contribution in [-0.2, 0) is 10.0 Å². The number of phenols is 1. The van der Waals surface area contributed by atoms with Gasteiger partial charge < -0.3 is 14.9 Å². The number of carbonyl (C=O) groups is 2. The molecule has 4 rings (SSSR count). The lowest BCUT2D eigenvalue weighted by Gasteiger charge is -2.36. The molecule has 0 radical (unpaired) electrons. The molecule has 10 heteroatoms. The van der Waals surface area contributed by atoms with E-state index in [1.807, 2.05) is 0 Å². The number of benzene rings is 2. The Morgan fingerprint density at radius 1 is 0.897 bits per heavy atom. The summed E-state index contributed by atoms with van der Waals surface area (Å²) in [5, 5.41) is 9.59. The lowest BCUT2D eigenvalue weighted by molar-refractivity contribution is 0.0746. The van der Waals surface area contributed by atoms with Crippen molar-refractivity contribution in [1.82, 2.24) is 14.6 Å². The molecule has 202 valence electrons. The van der Waals surface area contributed by atoms with E-state index in [0.717, 1.165) is 5.69 Å². The molecule has 0 unspecified atom stereocenters. The monoisotopic (exact) mass is 546 g/mol. The predicted molar refractivity (Wildman–Crippen MR) is 149 cm³/mol. The zero-order valence-corrected chi connectivity index (χ0v) is 22.8. The number of aromatic hydroxyl groups is 1. The van der Waals surface area contributed by atoms with Crippen molar-refractivity contribution in [3.8, 4) is 17.6 Å². The van der Waals surface area contributed by atoms with Gasteiger partial charge in [-0.1, -0.05) is 17.9 Å². The van der Waals surface area contributed by atoms with Crippen molar-refractivity contribution in [1.29, 1.82) is 0 Å². The Morgan fingerprint density at radius 3 is 2.21 bits per heavy atom. The van der Waals surface area contributed by atoms with Gasteiger partial charge in [-0.05, 0) is 69.3 Å². The van der Waals surface area contributed by atoms with Crippen molar-refractivity contribution in [3.63, 3.8) is 0 Å². The number of carbonyl (C=O) groups excluding carboxylic acids is 2. The Bertz CT molecular complexity index is 1540. The first kappa shape index (κ1) is 27.7. The van der Waals surface area contributed by atoms with Gasteiger partial charge in [0.25, 0.3) is 11.8 Å². The topological polar surface area (TPSA) is 120 Å². The smallest absolute Gasteiger partial charge is 0.264 e. The summed E-state index contributed by atoms with van der Waals surface area (Å²) in [6.07, 6.45) is 3.12. The SMILES string of the molecule is CC(C)(C)S(=O)(=O)NC(=O)c1ccc(N2CCN(C(=O)c3cncc(C#Cc4cccc(O)c4)c3)CC2)cc1. The van der Waals surface area contributed by atoms with Crippen molar-refractivity contribution in [2.75, 3.05) is 31.1 Å². The predicted octanol–water partition coefficient (Wildman–Crippen LogP) is 3.01. The highest BCUT2D eigenvalue weighted by atomic mass is 32.2. The molecule has 1 aromatic heterocycles. The van der Waals surface area contributed by atoms with Gasteiger partial charge in [-0.25, -0.2) is 13.1 Å². The van der Waals surface area contributed by atoms with E-state index in [9.17, 15) is 23.1 Å². The molecule has 2 heterocycles. The number of rotatable bonds is 4. The number of anilines is 1. The maximum atomic E-state index is 13.1. The van der Waals surface area contributed by atoms with Gasteiger partial charge in [-0.15, -0.1) is 0 Å². The number of phenolic OH excluding ortho intramolecular Hbond substituents is 1. The average Bonchev–Trinajstić information content (AvgIpc) is 2.91. The van der Waals surface area contributed by atoms with Gasteiger partial charge in [0.15, 0.2) is 0 Å². The van der Waals surface area contributed by atoms with Crippen molar-refractivity contribution < 1.29 is 23.1 Å². The fourth-order valence-corrected chi connectivity index (χ4v) is 4.53. The van der Waals surface area contributed by atoms with Gasteiger partial charge in [0.1, 0.15) is 5.75 Å². The molecule has 1 aliphatic heterocycles. The molecule has 1 fully saturated rings. The Hall–Kier alpha value is -4.36. The van der Waals surface area contributed by atoms with Crippen LogP contribution in [0.5, 0.6) is 5.75 Å². The van der Waals surface area contributed by atoms with E-state index in [1.54, 1.807) is 65.7 Å². The third-order valence-electron chi connectivity index (χ3n) is 6.28. The summed E-state index contributed by atoms with van der Waals surface area (Å²) in [5.41, 5.74) is 2.84. The van der Waals surface area contributed by atoms with Crippen molar-refractivity contribution in [2.45, 2.75) is 25.5 Å². The molecule has 39 heavy (non-hydrogen) atoms. The van der Waals surface area contributed by atoms with Crippen LogP contribution in [0.15, 0.2) is 67.0 Å². The first-order valence-electron chi connectivity index (χ1n) is 12.4. The van der Waals surface area contributed by atoms with E-state index in [4.69, 9.17) is 0 Å². The van der Waals surface area contributed by atoms with E-state index in [1.165, 1.54) is 27.0 Å². The Kier molecular flexibility index (Phi) is 7.93. The van der Waals surface area contributed by atoms with E-state index in [-0.39, 0.29) is 17.2 Å². The largest absolute Gasteiger partial charge is 0.508 e. The van der Waals surface area contributed by atoms with Crippen LogP contribution >= 0.6 is 0 Å². The summed E-state index contributed by atoms with van der Waals surface area (Å²) >= 11 is 0. The number of hydrogen-bond acceptors (Lipinski definition) is 7. The highest BCUT2D eigenvalue weighted by Crippen LogP contribution is 2.20. The van der Waals surface area contributed by atoms with Gasteiger partial charge >= 0.3 is 0 Å². The third-order valence-corrected chi connectivity index (χ3v) is 8.34. The summed E-state index contributed by atoms with van der Waals surface area (Å²) in [5.74, 6) is 5.28. The second-order valence-corrected chi connectivity index (χ2v) is 12.6. The minimum atomic E-state index is -3.80. The van der Waals surface area contributed by atoms with E-state index in [0.29, 0.717) is 42.9 Å². The summed E-state index contributed by atoms with van der Waals surface area (Å²) in [6, 6.07) is 15.1. The number of nitrogens with one attached hydrogen (secondary N) is 1. The van der Waals surface area contributed by atoms with Crippen LogP contribution < -0.4 is 9.62 Å². The van der Waals surface area contributed by atoms with E-state index < -0.39 is 20.7 Å². The Balaban J connectivity index is 1.36. The van der Waals surface area contributed by atoms with Gasteiger partial charge in [-0.2, -0.15) is 0 Å². The molecule has 3 aromatic rings. The zero-order chi connectivity index (χ0) is 28.2. The summed E-state index contributed by atoms with van der Waals surface area (Å²) < 4.78 is 25.6. The summed E-state index contributed by atoms with van der Waals surface area (Å²) in [7, 11) is -3.80. The molecule has 2 N–H and O–H groups in total. The maximum absolute atomic E-state index is 13.1. The normalized spacial score (nSPS) is 13.8. The summed E-state index contributed by atoms with van der Waals surface area (Å²) in [4.78, 5) is 33.6. The number of piperazine rings is 1. The Labute approximate surface area is 228 Å². The van der Waals surface area contributed by atoms with Crippen LogP contribution in [0.1, 0.15) is 52.6 Å². The quantitative estimate of drug-likeness (QED) is 0.483. The van der Waals surface area contributed by atoms with E-state index in [2.05, 4.69) is 26.4 Å². The van der Waals surface area contributed by atoms with Crippen LogP contribution in [0.25, 0.3) is 0 Å². The molecule has 1 saturated heterocycles. The first-order valence-corrected chi connectivity index (χ1v) is 13.9. The number of aromatic nitrogens is 1. The highest BCUT2D eigenvalue weighted by molar-refractivity contribution is 7.91. The molecule has 0 bridgehead atoms. The molecule has 2 aromatic carbocycles. The maximum Gasteiger partial charge on any atom is 0.264 e. The van der Waals surface area contributed by atoms with Crippen molar-refractivity contribution >= 4 is 27.5 Å². The highest BCUT2D eigenvalue weighted by Gasteiger charge is 2.31. The van der Waals surface area contributed by atoms with Crippen LogP contribution in [0, 0.1) is 11.8 Å². The average molecular weight is 547 g/mol. The molecule has 0 aliphatic carbocycles. The lowest BCUT2D eigenvalue weighted by atomic mass is 10.1. The molecule has 1 aliphatic rings. The van der Waals surface area contributed by atoms with Crippen molar-refractivity contribution in [3.05, 3.63) is 89.2 Å². The number of hydrogen-bond donors (Lipinski definition) is 2. The van der Waals surface area contributed by atoms with Gasteiger partial charge in [0.05, 0.1) is 10.3 Å². The first-order chi connectivity index (χ1) is 18.4. The van der Waals surface area contributed by atoms with Crippen LogP contribution in [0.2, 0.25) is 0 Å². The van der Waals surface area contributed by atoms with Gasteiger partial charge in [0.2, 0.25) is 10.0 Å². The number of pyridine rings is 1. The number of amides is 2. The number of nitrogens with zero attached hydrogens (tertiary/aromatic N) is 3. The van der Waals surface area contributed by atoms with E-state index >= 15 is 0 Å². The summed E-state index contributed by atoms with van der Waals surface area (Å²) in [6.45, 7) is 6.78. The standard InChI is InChI=1S/C29H30N4O5S/c1-29(2,3)39(37,38)31-27(35)23-9-11-25(12-10-23)32-13-15-33(16-14-32)28(36)24-17-22(19-30-20-24)8-7-21-5-4-6-26(34)18-21/h4-6,9-12,17-20,34H,13-16H2,1-3H3,(H,31,35). The molecule has 9 nitrogen and oxygen atoms in total. The fourth-order valence-electron chi connectivity index (χ4n) is 3.86. The molecular formula is C29H30N4O5S. The third kappa shape index (κ3) is 6.75. The minimum absolute atomic E-state index is 0.129. The van der Waals surface area contributed by atoms with Gasteiger partial charge in [0, 0.05) is 61.0 Å². The van der Waals surface area contributed by atoms with Crippen LogP contribution in [0.4, 0.5) is 5.69 Å². The molecule has 2 amide bonds. The molecule has 0 spiro atoms. The van der Waals surface area contributed by atoms with Crippen LogP contribution in [-0.4, -0.2) is 66.1 Å². The van der Waals surface area contributed by atoms with Crippen LogP contribution in [0.3, 0.4) is 0 Å². The zero-order valence-electron chi connectivity index (χ0n) is 22.0. The second-order valence-electron chi connectivity index (χ2n) is 10.1.